The highest BCUT2D eigenvalue weighted by atomic mass is 79.9. The number of aromatic nitrogens is 1. The van der Waals surface area contributed by atoms with Crippen LogP contribution >= 0.6 is 15.9 Å². The normalized spacial score (nSPS) is 9.77. The average Bonchev–Trinajstić information content (AvgIpc) is 2.03. The van der Waals surface area contributed by atoms with Crippen molar-refractivity contribution < 1.29 is 4.92 Å². The summed E-state index contributed by atoms with van der Waals surface area (Å²) in [6, 6.07) is 1.35. The van der Waals surface area contributed by atoms with Gasteiger partial charge in [-0.25, -0.2) is 10.8 Å². The molecule has 1 heterocycles. The number of halogens is 1. The van der Waals surface area contributed by atoms with E-state index in [-0.39, 0.29) is 11.5 Å². The molecule has 0 fully saturated rings. The van der Waals surface area contributed by atoms with Crippen LogP contribution < -0.4 is 10.9 Å². The Labute approximate surface area is 82.6 Å². The van der Waals surface area contributed by atoms with Gasteiger partial charge in [-0.2, -0.15) is 0 Å². The lowest BCUT2D eigenvalue weighted by molar-refractivity contribution is -0.384. The fourth-order valence-electron chi connectivity index (χ4n) is 0.827. The molecule has 13 heavy (non-hydrogen) atoms. The van der Waals surface area contributed by atoms with Gasteiger partial charge >= 0.3 is 5.69 Å². The predicted octanol–water partition coefficient (Wildman–Crippen LogP) is 1.06. The Bertz CT molecular complexity index is 341. The van der Waals surface area contributed by atoms with Crippen LogP contribution in [0.2, 0.25) is 0 Å². The van der Waals surface area contributed by atoms with E-state index in [9.17, 15) is 10.1 Å². The zero-order valence-corrected chi connectivity index (χ0v) is 8.35. The maximum absolute atomic E-state index is 10.5. The van der Waals surface area contributed by atoms with Crippen LogP contribution in [0.1, 0.15) is 0 Å². The van der Waals surface area contributed by atoms with E-state index in [0.29, 0.717) is 4.47 Å². The number of pyridine rings is 1. The molecule has 0 spiro atoms. The molecule has 70 valence electrons. The van der Waals surface area contributed by atoms with Crippen molar-refractivity contribution in [2.45, 2.75) is 0 Å². The molecule has 2 N–H and O–H groups in total. The SMILES string of the molecule is CN(N)c1ncc(Br)cc1[N+](=O)[O-]. The molecular weight excluding hydrogens is 240 g/mol. The van der Waals surface area contributed by atoms with Gasteiger partial charge in [0.1, 0.15) is 0 Å². The van der Waals surface area contributed by atoms with Crippen molar-refractivity contribution in [3.63, 3.8) is 0 Å². The third-order valence-electron chi connectivity index (χ3n) is 1.34. The first-order valence-corrected chi connectivity index (χ1v) is 4.10. The van der Waals surface area contributed by atoms with E-state index in [2.05, 4.69) is 20.9 Å². The molecule has 0 radical (unpaired) electrons. The lowest BCUT2D eigenvalue weighted by Crippen LogP contribution is -2.26. The van der Waals surface area contributed by atoms with Crippen molar-refractivity contribution in [1.82, 2.24) is 4.98 Å². The van der Waals surface area contributed by atoms with Gasteiger partial charge in [0.2, 0.25) is 5.82 Å². The first-order chi connectivity index (χ1) is 6.02. The number of hydrogen-bond acceptors (Lipinski definition) is 5. The third kappa shape index (κ3) is 2.13. The Morgan fingerprint density at radius 2 is 2.38 bits per heavy atom. The third-order valence-corrected chi connectivity index (χ3v) is 1.78. The van der Waals surface area contributed by atoms with Crippen LogP contribution in [0.25, 0.3) is 0 Å². The van der Waals surface area contributed by atoms with Crippen molar-refractivity contribution in [1.29, 1.82) is 0 Å². The van der Waals surface area contributed by atoms with Crippen molar-refractivity contribution >= 4 is 27.4 Å². The monoisotopic (exact) mass is 246 g/mol. The van der Waals surface area contributed by atoms with Crippen molar-refractivity contribution in [2.24, 2.45) is 5.84 Å². The predicted molar refractivity (Wildman–Crippen MR) is 51.2 cm³/mol. The molecule has 0 aromatic carbocycles. The summed E-state index contributed by atoms with van der Waals surface area (Å²) in [6.45, 7) is 0. The van der Waals surface area contributed by atoms with E-state index in [1.54, 1.807) is 0 Å². The lowest BCUT2D eigenvalue weighted by atomic mass is 10.4. The van der Waals surface area contributed by atoms with Gasteiger partial charge < -0.3 is 0 Å². The zero-order valence-electron chi connectivity index (χ0n) is 6.77. The molecule has 0 aliphatic carbocycles. The second-order valence-electron chi connectivity index (χ2n) is 2.36. The Hall–Kier alpha value is -1.21. The molecule has 0 amide bonds. The van der Waals surface area contributed by atoms with Crippen LogP contribution in [0.4, 0.5) is 11.5 Å². The maximum atomic E-state index is 10.5. The molecular formula is C6H7BrN4O2. The highest BCUT2D eigenvalue weighted by Gasteiger charge is 2.17. The Morgan fingerprint density at radius 1 is 1.77 bits per heavy atom. The number of nitrogens with zero attached hydrogens (tertiary/aromatic N) is 3. The van der Waals surface area contributed by atoms with Crippen LogP contribution in [0.15, 0.2) is 16.7 Å². The molecule has 0 unspecified atom stereocenters. The van der Waals surface area contributed by atoms with Crippen LogP contribution in [0.3, 0.4) is 0 Å². The quantitative estimate of drug-likeness (QED) is 0.479. The smallest absolute Gasteiger partial charge is 0.292 e. The number of hydrogen-bond donors (Lipinski definition) is 1. The summed E-state index contributed by atoms with van der Waals surface area (Å²) in [4.78, 5) is 13.8. The van der Waals surface area contributed by atoms with Gasteiger partial charge in [0.05, 0.1) is 4.92 Å². The fourth-order valence-corrected chi connectivity index (χ4v) is 1.15. The summed E-state index contributed by atoms with van der Waals surface area (Å²) in [5, 5.41) is 11.6. The molecule has 0 bridgehead atoms. The highest BCUT2D eigenvalue weighted by molar-refractivity contribution is 9.10. The topological polar surface area (TPSA) is 85.3 Å². The van der Waals surface area contributed by atoms with Gasteiger partial charge in [-0.15, -0.1) is 0 Å². The molecule has 1 aromatic rings. The zero-order chi connectivity index (χ0) is 10.0. The minimum absolute atomic E-state index is 0.126. The van der Waals surface area contributed by atoms with Crippen molar-refractivity contribution in [2.75, 3.05) is 12.1 Å². The molecule has 0 aliphatic rings. The minimum Gasteiger partial charge on any atom is -0.292 e. The Balaban J connectivity index is 3.27. The molecule has 0 saturated heterocycles. The minimum atomic E-state index is -0.531. The van der Waals surface area contributed by atoms with Crippen molar-refractivity contribution in [3.8, 4) is 0 Å². The van der Waals surface area contributed by atoms with Crippen LogP contribution in [0.5, 0.6) is 0 Å². The Morgan fingerprint density at radius 3 is 2.85 bits per heavy atom. The highest BCUT2D eigenvalue weighted by Crippen LogP contribution is 2.26. The second-order valence-corrected chi connectivity index (χ2v) is 3.28. The first kappa shape index (κ1) is 9.87. The lowest BCUT2D eigenvalue weighted by Gasteiger charge is -2.10. The van der Waals surface area contributed by atoms with E-state index in [4.69, 9.17) is 5.84 Å². The van der Waals surface area contributed by atoms with E-state index < -0.39 is 4.92 Å². The molecule has 1 rings (SSSR count). The van der Waals surface area contributed by atoms with E-state index in [1.807, 2.05) is 0 Å². The maximum Gasteiger partial charge on any atom is 0.314 e. The number of hydrazine groups is 1. The van der Waals surface area contributed by atoms with Crippen LogP contribution in [-0.4, -0.2) is 17.0 Å². The summed E-state index contributed by atoms with van der Waals surface area (Å²) >= 11 is 3.09. The summed E-state index contributed by atoms with van der Waals surface area (Å²) < 4.78 is 0.546. The molecule has 7 heteroatoms. The molecule has 0 atom stereocenters. The summed E-state index contributed by atoms with van der Waals surface area (Å²) in [5.74, 6) is 5.49. The van der Waals surface area contributed by atoms with E-state index in [0.717, 1.165) is 5.01 Å². The van der Waals surface area contributed by atoms with Crippen molar-refractivity contribution in [3.05, 3.63) is 26.9 Å². The number of rotatable bonds is 2. The van der Waals surface area contributed by atoms with Gasteiger partial charge in [-0.1, -0.05) is 0 Å². The second kappa shape index (κ2) is 3.67. The van der Waals surface area contributed by atoms with E-state index >= 15 is 0 Å². The van der Waals surface area contributed by atoms with Gasteiger partial charge in [-0.3, -0.25) is 15.1 Å². The Kier molecular flexibility index (Phi) is 2.79. The summed E-state index contributed by atoms with van der Waals surface area (Å²) in [7, 11) is 1.49. The summed E-state index contributed by atoms with van der Waals surface area (Å²) in [6.07, 6.45) is 1.45. The van der Waals surface area contributed by atoms with E-state index in [1.165, 1.54) is 19.3 Å². The number of nitro groups is 1. The molecule has 6 nitrogen and oxygen atoms in total. The van der Waals surface area contributed by atoms with Gasteiger partial charge in [0.15, 0.2) is 0 Å². The van der Waals surface area contributed by atoms with Gasteiger partial charge in [-0.05, 0) is 15.9 Å². The standard InChI is InChI=1S/C6H7BrN4O2/c1-10(8)6-5(11(12)13)2-4(7)3-9-6/h2-3H,8H2,1H3. The first-order valence-electron chi connectivity index (χ1n) is 3.30. The number of nitrogens with two attached hydrogens (primary N) is 1. The average molecular weight is 247 g/mol. The van der Waals surface area contributed by atoms with Gasteiger partial charge in [0.25, 0.3) is 0 Å². The summed E-state index contributed by atoms with van der Waals surface area (Å²) in [5.41, 5.74) is -0.126. The number of anilines is 1. The molecule has 0 aliphatic heterocycles. The van der Waals surface area contributed by atoms with Crippen LogP contribution in [0, 0.1) is 10.1 Å². The largest absolute Gasteiger partial charge is 0.314 e. The molecule has 0 saturated carbocycles. The fraction of sp³-hybridized carbons (Fsp3) is 0.167. The van der Waals surface area contributed by atoms with Gasteiger partial charge in [0, 0.05) is 23.8 Å². The van der Waals surface area contributed by atoms with Crippen LogP contribution in [-0.2, 0) is 0 Å². The molecule has 1 aromatic heterocycles.